The molecule has 34 heavy (non-hydrogen) atoms. The number of carboxylic acids is 1. The number of nitrogens with zero attached hydrogens (tertiary/aromatic N) is 1. The fraction of sp³-hybridized carbons (Fsp3) is 0.500. The molecule has 10 nitrogen and oxygen atoms in total. The highest BCUT2D eigenvalue weighted by Gasteiger charge is 2.57. The number of carbonyl (C=O) groups is 4. The van der Waals surface area contributed by atoms with Crippen LogP contribution in [0.25, 0.3) is 10.9 Å². The van der Waals surface area contributed by atoms with E-state index in [0.717, 1.165) is 23.7 Å². The van der Waals surface area contributed by atoms with Crippen LogP contribution in [0, 0.1) is 17.8 Å². The Morgan fingerprint density at radius 2 is 2.15 bits per heavy atom. The van der Waals surface area contributed by atoms with Crippen molar-refractivity contribution < 1.29 is 29.0 Å². The van der Waals surface area contributed by atoms with Gasteiger partial charge in [0.15, 0.2) is 0 Å². The number of hydrogen-bond acceptors (Lipinski definition) is 5. The second-order valence-corrected chi connectivity index (χ2v) is 9.43. The number of aromatic amines is 1. The van der Waals surface area contributed by atoms with Crippen molar-refractivity contribution in [3.05, 3.63) is 30.0 Å². The molecule has 10 heteroatoms. The van der Waals surface area contributed by atoms with Crippen molar-refractivity contribution in [2.45, 2.75) is 37.8 Å². The van der Waals surface area contributed by atoms with E-state index < -0.39 is 29.9 Å². The summed E-state index contributed by atoms with van der Waals surface area (Å²) in [5.41, 5.74) is 1.11. The molecular formula is C24H28N4O6. The van der Waals surface area contributed by atoms with Crippen LogP contribution in [-0.4, -0.2) is 71.0 Å². The van der Waals surface area contributed by atoms with Gasteiger partial charge in [0.25, 0.3) is 5.91 Å². The summed E-state index contributed by atoms with van der Waals surface area (Å²) in [6.45, 7) is 1.04. The third-order valence-corrected chi connectivity index (χ3v) is 7.29. The summed E-state index contributed by atoms with van der Waals surface area (Å²) >= 11 is 0. The molecular weight excluding hydrogens is 440 g/mol. The van der Waals surface area contributed by atoms with Crippen LogP contribution in [0.2, 0.25) is 0 Å². The van der Waals surface area contributed by atoms with E-state index in [1.54, 1.807) is 13.2 Å². The standard InChI is InChI=1S/C24H28N4O6/c1-34-19-6-2-5-16-15(19)10-17(26-16)23(31)28-11-13-8-14(13)20(28)22(30)27-18(24(32)33)9-12-4-3-7-25-21(12)29/h2,5-6,10,12-14,18,20,26H,3-4,7-9,11H2,1H3,(H,25,29)(H,27,30)(H,32,33)/t12-,13-,14-,18-,20-/m0/s1. The van der Waals surface area contributed by atoms with Crippen LogP contribution < -0.4 is 15.4 Å². The van der Waals surface area contributed by atoms with Crippen molar-refractivity contribution in [2.75, 3.05) is 20.2 Å². The molecule has 3 aliphatic rings. The fourth-order valence-electron chi connectivity index (χ4n) is 5.41. The second-order valence-electron chi connectivity index (χ2n) is 9.43. The first-order chi connectivity index (χ1) is 16.4. The Kier molecular flexibility index (Phi) is 5.66. The van der Waals surface area contributed by atoms with E-state index in [1.807, 2.05) is 18.2 Å². The number of aliphatic carboxylic acids is 1. The number of amides is 3. The quantitative estimate of drug-likeness (QED) is 0.480. The third-order valence-electron chi connectivity index (χ3n) is 7.29. The number of likely N-dealkylation sites (tertiary alicyclic amines) is 1. The molecule has 2 saturated heterocycles. The number of fused-ring (bicyclic) bond motifs is 2. The zero-order valence-electron chi connectivity index (χ0n) is 18.9. The van der Waals surface area contributed by atoms with E-state index in [-0.39, 0.29) is 30.1 Å². The van der Waals surface area contributed by atoms with Gasteiger partial charge in [-0.05, 0) is 55.7 Å². The molecule has 0 unspecified atom stereocenters. The first-order valence-corrected chi connectivity index (χ1v) is 11.6. The van der Waals surface area contributed by atoms with Crippen molar-refractivity contribution in [3.8, 4) is 5.75 Å². The molecule has 3 heterocycles. The molecule has 3 amide bonds. The van der Waals surface area contributed by atoms with Gasteiger partial charge in [-0.3, -0.25) is 14.4 Å². The van der Waals surface area contributed by atoms with Crippen molar-refractivity contribution in [1.29, 1.82) is 0 Å². The molecule has 0 radical (unpaired) electrons. The highest BCUT2D eigenvalue weighted by Crippen LogP contribution is 2.50. The zero-order valence-corrected chi connectivity index (χ0v) is 18.9. The molecule has 0 bridgehead atoms. The molecule has 2 aliphatic heterocycles. The first kappa shape index (κ1) is 22.2. The van der Waals surface area contributed by atoms with Gasteiger partial charge in [-0.25, -0.2) is 4.79 Å². The number of aromatic nitrogens is 1. The summed E-state index contributed by atoms with van der Waals surface area (Å²) in [4.78, 5) is 55.2. The normalized spacial score (nSPS) is 26.5. The van der Waals surface area contributed by atoms with Crippen LogP contribution in [0.4, 0.5) is 0 Å². The Morgan fingerprint density at radius 1 is 1.32 bits per heavy atom. The van der Waals surface area contributed by atoms with Gasteiger partial charge >= 0.3 is 5.97 Å². The molecule has 5 atom stereocenters. The van der Waals surface area contributed by atoms with Gasteiger partial charge in [-0.15, -0.1) is 0 Å². The summed E-state index contributed by atoms with van der Waals surface area (Å²) in [6.07, 6.45) is 2.24. The second kappa shape index (κ2) is 8.66. The lowest BCUT2D eigenvalue weighted by atomic mass is 9.91. The summed E-state index contributed by atoms with van der Waals surface area (Å²) < 4.78 is 5.37. The molecule has 180 valence electrons. The number of methoxy groups -OCH3 is 1. The van der Waals surface area contributed by atoms with Gasteiger partial charge in [0, 0.05) is 29.9 Å². The lowest BCUT2D eigenvalue weighted by Gasteiger charge is -2.29. The highest BCUT2D eigenvalue weighted by atomic mass is 16.5. The van der Waals surface area contributed by atoms with Gasteiger partial charge in [0.2, 0.25) is 11.8 Å². The van der Waals surface area contributed by atoms with Crippen LogP contribution in [0.5, 0.6) is 5.75 Å². The molecule has 2 aromatic rings. The summed E-state index contributed by atoms with van der Waals surface area (Å²) in [7, 11) is 1.56. The number of rotatable bonds is 7. The number of carbonyl (C=O) groups excluding carboxylic acids is 3. The summed E-state index contributed by atoms with van der Waals surface area (Å²) in [6, 6.07) is 5.29. The van der Waals surface area contributed by atoms with Crippen LogP contribution in [-0.2, 0) is 14.4 Å². The number of ether oxygens (including phenoxy) is 1. The van der Waals surface area contributed by atoms with Crippen LogP contribution in [0.1, 0.15) is 36.2 Å². The smallest absolute Gasteiger partial charge is 0.326 e. The maximum atomic E-state index is 13.4. The minimum Gasteiger partial charge on any atom is -0.496 e. The van der Waals surface area contributed by atoms with Crippen molar-refractivity contribution in [2.24, 2.45) is 17.8 Å². The van der Waals surface area contributed by atoms with Crippen LogP contribution in [0.3, 0.4) is 0 Å². The number of carboxylic acid groups (broad SMARTS) is 1. The fourth-order valence-corrected chi connectivity index (χ4v) is 5.41. The Bertz CT molecular complexity index is 1160. The molecule has 5 rings (SSSR count). The number of H-pyrrole nitrogens is 1. The van der Waals surface area contributed by atoms with Gasteiger partial charge in [0.05, 0.1) is 7.11 Å². The number of benzene rings is 1. The molecule has 1 aromatic carbocycles. The molecule has 3 fully saturated rings. The predicted molar refractivity (Wildman–Crippen MR) is 121 cm³/mol. The van der Waals surface area contributed by atoms with Crippen LogP contribution in [0.15, 0.2) is 24.3 Å². The SMILES string of the molecule is COc1cccc2[nH]c(C(=O)N3C[C@@H]4C[C@@H]4[C@H]3C(=O)N[C@@H](C[C@@H]3CCCNC3=O)C(=O)O)cc12. The largest absolute Gasteiger partial charge is 0.496 e. The molecule has 1 saturated carbocycles. The van der Waals surface area contributed by atoms with Gasteiger partial charge < -0.3 is 30.4 Å². The lowest BCUT2D eigenvalue weighted by molar-refractivity contribution is -0.143. The Labute approximate surface area is 196 Å². The van der Waals surface area contributed by atoms with E-state index in [0.29, 0.717) is 31.0 Å². The van der Waals surface area contributed by atoms with Crippen molar-refractivity contribution in [1.82, 2.24) is 20.5 Å². The summed E-state index contributed by atoms with van der Waals surface area (Å²) in [5, 5.41) is 15.8. The topological polar surface area (TPSA) is 141 Å². The van der Waals surface area contributed by atoms with E-state index in [9.17, 15) is 24.3 Å². The average Bonchev–Trinajstić information content (AvgIpc) is 3.27. The molecule has 0 spiro atoms. The number of piperidine rings is 2. The molecule has 4 N–H and O–H groups in total. The highest BCUT2D eigenvalue weighted by molar-refractivity contribution is 6.02. The van der Waals surface area contributed by atoms with Gasteiger partial charge in [-0.1, -0.05) is 6.07 Å². The maximum Gasteiger partial charge on any atom is 0.326 e. The molecule has 1 aliphatic carbocycles. The van der Waals surface area contributed by atoms with E-state index in [2.05, 4.69) is 15.6 Å². The zero-order chi connectivity index (χ0) is 24.0. The number of nitrogens with one attached hydrogen (secondary N) is 3. The predicted octanol–water partition coefficient (Wildman–Crippen LogP) is 1.12. The van der Waals surface area contributed by atoms with Gasteiger partial charge in [-0.2, -0.15) is 0 Å². The van der Waals surface area contributed by atoms with Crippen LogP contribution >= 0.6 is 0 Å². The average molecular weight is 469 g/mol. The van der Waals surface area contributed by atoms with Crippen molar-refractivity contribution >= 4 is 34.6 Å². The monoisotopic (exact) mass is 468 g/mol. The number of hydrogen-bond donors (Lipinski definition) is 4. The van der Waals surface area contributed by atoms with E-state index in [1.165, 1.54) is 4.90 Å². The Hall–Kier alpha value is -3.56. The van der Waals surface area contributed by atoms with E-state index >= 15 is 0 Å². The summed E-state index contributed by atoms with van der Waals surface area (Å²) in [5.74, 6) is -1.69. The maximum absolute atomic E-state index is 13.4. The minimum atomic E-state index is -1.19. The van der Waals surface area contributed by atoms with Gasteiger partial charge in [0.1, 0.15) is 23.5 Å². The Balaban J connectivity index is 1.33. The minimum absolute atomic E-state index is 0.0234. The Morgan fingerprint density at radius 3 is 2.88 bits per heavy atom. The molecule has 1 aromatic heterocycles. The lowest BCUT2D eigenvalue weighted by Crippen LogP contribution is -2.53. The van der Waals surface area contributed by atoms with Crippen molar-refractivity contribution in [3.63, 3.8) is 0 Å². The third kappa shape index (κ3) is 3.97. The van der Waals surface area contributed by atoms with E-state index in [4.69, 9.17) is 4.74 Å². The first-order valence-electron chi connectivity index (χ1n) is 11.6.